The molecule has 5 heteroatoms. The minimum atomic E-state index is -3.47. The van der Waals surface area contributed by atoms with Crippen LogP contribution in [0.25, 0.3) is 0 Å². The SMILES string of the molecule is CCC(CC)(CC)NS(=O)(=O)c1ccc2c(c1)CCCN2. The van der Waals surface area contributed by atoms with Gasteiger partial charge in [0.1, 0.15) is 0 Å². The van der Waals surface area contributed by atoms with Crippen molar-refractivity contribution in [3.63, 3.8) is 0 Å². The van der Waals surface area contributed by atoms with Crippen LogP contribution < -0.4 is 10.0 Å². The Morgan fingerprint density at radius 3 is 2.48 bits per heavy atom. The fraction of sp³-hybridized carbons (Fsp3) is 0.625. The van der Waals surface area contributed by atoms with E-state index in [2.05, 4.69) is 10.0 Å². The van der Waals surface area contributed by atoms with Crippen molar-refractivity contribution in [3.8, 4) is 0 Å². The predicted octanol–water partition coefficient (Wildman–Crippen LogP) is 3.29. The summed E-state index contributed by atoms with van der Waals surface area (Å²) in [6, 6.07) is 5.40. The zero-order valence-corrected chi connectivity index (χ0v) is 14.0. The van der Waals surface area contributed by atoms with Gasteiger partial charge >= 0.3 is 0 Å². The minimum absolute atomic E-state index is 0.340. The number of benzene rings is 1. The third-order valence-corrected chi connectivity index (χ3v) is 6.28. The van der Waals surface area contributed by atoms with Gasteiger partial charge in [0.2, 0.25) is 10.0 Å². The van der Waals surface area contributed by atoms with Crippen LogP contribution in [0.1, 0.15) is 52.0 Å². The Balaban J connectivity index is 2.31. The highest BCUT2D eigenvalue weighted by molar-refractivity contribution is 7.89. The first-order chi connectivity index (χ1) is 9.96. The smallest absolute Gasteiger partial charge is 0.241 e. The monoisotopic (exact) mass is 310 g/mol. The van der Waals surface area contributed by atoms with E-state index in [9.17, 15) is 8.42 Å². The van der Waals surface area contributed by atoms with Gasteiger partial charge in [-0.15, -0.1) is 0 Å². The quantitative estimate of drug-likeness (QED) is 0.847. The molecule has 4 nitrogen and oxygen atoms in total. The van der Waals surface area contributed by atoms with Crippen LogP contribution in [0.4, 0.5) is 5.69 Å². The van der Waals surface area contributed by atoms with Crippen molar-refractivity contribution in [2.75, 3.05) is 11.9 Å². The molecule has 0 fully saturated rings. The van der Waals surface area contributed by atoms with Crippen molar-refractivity contribution in [1.82, 2.24) is 4.72 Å². The molecule has 1 aromatic carbocycles. The first-order valence-electron chi connectivity index (χ1n) is 7.87. The van der Waals surface area contributed by atoms with E-state index in [1.165, 1.54) is 0 Å². The van der Waals surface area contributed by atoms with Crippen molar-refractivity contribution >= 4 is 15.7 Å². The van der Waals surface area contributed by atoms with E-state index >= 15 is 0 Å². The molecule has 0 aromatic heterocycles. The number of aryl methyl sites for hydroxylation is 1. The van der Waals surface area contributed by atoms with Crippen LogP contribution in [0, 0.1) is 0 Å². The molecule has 118 valence electrons. The Bertz CT molecular complexity index is 584. The normalized spacial score (nSPS) is 15.4. The molecular weight excluding hydrogens is 284 g/mol. The van der Waals surface area contributed by atoms with Crippen LogP contribution in [-0.2, 0) is 16.4 Å². The van der Waals surface area contributed by atoms with Crippen molar-refractivity contribution in [2.24, 2.45) is 0 Å². The summed E-state index contributed by atoms with van der Waals surface area (Å²) < 4.78 is 28.3. The van der Waals surface area contributed by atoms with Gasteiger partial charge in [-0.05, 0) is 55.9 Å². The molecule has 1 aliphatic rings. The predicted molar refractivity (Wildman–Crippen MR) is 87.2 cm³/mol. The molecule has 2 rings (SSSR count). The summed E-state index contributed by atoms with van der Waals surface area (Å²) in [4.78, 5) is 0.379. The molecule has 21 heavy (non-hydrogen) atoms. The molecule has 0 atom stereocenters. The molecule has 0 aliphatic carbocycles. The molecule has 0 radical (unpaired) electrons. The molecule has 2 N–H and O–H groups in total. The second-order valence-electron chi connectivity index (χ2n) is 5.80. The highest BCUT2D eigenvalue weighted by Crippen LogP contribution is 2.27. The second kappa shape index (κ2) is 6.36. The summed E-state index contributed by atoms with van der Waals surface area (Å²) >= 11 is 0. The molecule has 1 aliphatic heterocycles. The molecule has 0 bridgehead atoms. The van der Waals surface area contributed by atoms with Crippen molar-refractivity contribution in [1.29, 1.82) is 0 Å². The van der Waals surface area contributed by atoms with Gasteiger partial charge in [-0.1, -0.05) is 20.8 Å². The van der Waals surface area contributed by atoms with Gasteiger partial charge in [0, 0.05) is 17.8 Å². The van der Waals surface area contributed by atoms with E-state index in [0.29, 0.717) is 4.90 Å². The van der Waals surface area contributed by atoms with Crippen LogP contribution in [0.3, 0.4) is 0 Å². The van der Waals surface area contributed by atoms with Crippen LogP contribution in [0.15, 0.2) is 23.1 Å². The molecular formula is C16H26N2O2S. The Labute approximate surface area is 128 Å². The van der Waals surface area contributed by atoms with Crippen molar-refractivity contribution in [3.05, 3.63) is 23.8 Å². The molecule has 0 amide bonds. The average molecular weight is 310 g/mol. The maximum absolute atomic E-state index is 12.7. The first kappa shape index (κ1) is 16.3. The summed E-state index contributed by atoms with van der Waals surface area (Å²) in [7, 11) is -3.47. The van der Waals surface area contributed by atoms with Crippen molar-refractivity contribution in [2.45, 2.75) is 63.3 Å². The molecule has 0 spiro atoms. The summed E-state index contributed by atoms with van der Waals surface area (Å²) in [6.45, 7) is 7.06. The van der Waals surface area contributed by atoms with E-state index in [1.807, 2.05) is 32.9 Å². The second-order valence-corrected chi connectivity index (χ2v) is 7.48. The zero-order chi connectivity index (χ0) is 15.5. The number of fused-ring (bicyclic) bond motifs is 1. The third-order valence-electron chi connectivity index (χ3n) is 4.71. The Kier molecular flexibility index (Phi) is 4.94. The fourth-order valence-corrected chi connectivity index (χ4v) is 4.59. The largest absolute Gasteiger partial charge is 0.385 e. The summed E-state index contributed by atoms with van der Waals surface area (Å²) in [5.74, 6) is 0. The summed E-state index contributed by atoms with van der Waals surface area (Å²) in [5, 5.41) is 3.31. The maximum Gasteiger partial charge on any atom is 0.241 e. The Morgan fingerprint density at radius 1 is 1.19 bits per heavy atom. The fourth-order valence-electron chi connectivity index (χ4n) is 2.93. The van der Waals surface area contributed by atoms with E-state index in [4.69, 9.17) is 0 Å². The van der Waals surface area contributed by atoms with Crippen molar-refractivity contribution < 1.29 is 8.42 Å². The van der Waals surface area contributed by atoms with E-state index in [0.717, 1.165) is 49.9 Å². The molecule has 1 heterocycles. The third kappa shape index (κ3) is 3.40. The van der Waals surface area contributed by atoms with E-state index in [-0.39, 0.29) is 5.54 Å². The highest BCUT2D eigenvalue weighted by atomic mass is 32.2. The highest BCUT2D eigenvalue weighted by Gasteiger charge is 2.30. The van der Waals surface area contributed by atoms with Crippen LogP contribution in [0.5, 0.6) is 0 Å². The lowest BCUT2D eigenvalue weighted by molar-refractivity contribution is 0.341. The minimum Gasteiger partial charge on any atom is -0.385 e. The van der Waals surface area contributed by atoms with Crippen LogP contribution in [0.2, 0.25) is 0 Å². The Morgan fingerprint density at radius 2 is 1.86 bits per heavy atom. The molecule has 0 saturated carbocycles. The molecule has 0 unspecified atom stereocenters. The zero-order valence-electron chi connectivity index (χ0n) is 13.2. The lowest BCUT2D eigenvalue weighted by Crippen LogP contribution is -2.46. The standard InChI is InChI=1S/C16H26N2O2S/c1-4-16(5-2,6-3)18-21(19,20)14-9-10-15-13(12-14)8-7-11-17-15/h9-10,12,17-18H,4-8,11H2,1-3H3. The maximum atomic E-state index is 12.7. The number of hydrogen-bond acceptors (Lipinski definition) is 3. The van der Waals surface area contributed by atoms with E-state index < -0.39 is 10.0 Å². The average Bonchev–Trinajstić information content (AvgIpc) is 2.52. The van der Waals surface area contributed by atoms with Gasteiger partial charge in [0.25, 0.3) is 0 Å². The summed E-state index contributed by atoms with van der Waals surface area (Å²) in [6.07, 6.45) is 4.38. The topological polar surface area (TPSA) is 58.2 Å². The molecule has 0 saturated heterocycles. The van der Waals surface area contributed by atoms with Gasteiger partial charge in [0.05, 0.1) is 4.90 Å². The van der Waals surface area contributed by atoms with Crippen LogP contribution >= 0.6 is 0 Å². The van der Waals surface area contributed by atoms with Gasteiger partial charge in [-0.2, -0.15) is 0 Å². The lowest BCUT2D eigenvalue weighted by atomic mass is 9.91. The summed E-state index contributed by atoms with van der Waals surface area (Å²) in [5.41, 5.74) is 1.82. The molecule has 1 aromatic rings. The number of anilines is 1. The van der Waals surface area contributed by atoms with Gasteiger partial charge in [-0.3, -0.25) is 0 Å². The number of nitrogens with one attached hydrogen (secondary N) is 2. The van der Waals surface area contributed by atoms with Gasteiger partial charge < -0.3 is 5.32 Å². The Hall–Kier alpha value is -1.07. The number of sulfonamides is 1. The first-order valence-corrected chi connectivity index (χ1v) is 9.35. The van der Waals surface area contributed by atoms with E-state index in [1.54, 1.807) is 6.07 Å². The lowest BCUT2D eigenvalue weighted by Gasteiger charge is -2.31. The number of hydrogen-bond donors (Lipinski definition) is 2. The van der Waals surface area contributed by atoms with Gasteiger partial charge in [-0.25, -0.2) is 13.1 Å². The van der Waals surface area contributed by atoms with Gasteiger partial charge in [0.15, 0.2) is 0 Å². The van der Waals surface area contributed by atoms with Crippen LogP contribution in [-0.4, -0.2) is 20.5 Å². The number of rotatable bonds is 6.